The van der Waals surface area contributed by atoms with E-state index >= 15 is 0 Å². The van der Waals surface area contributed by atoms with Crippen LogP contribution in [-0.2, 0) is 9.59 Å². The molecule has 3 fully saturated rings. The number of hydrogen-bond acceptors (Lipinski definition) is 3. The standard InChI is InChI=1S/C14H22N2O3/c15-14(6-3-7-14)13(19)16-10-5-2-1-4-9(10)8-11(16)12(17)18/h9-11H,1-8,15H2,(H,17,18). The highest BCUT2D eigenvalue weighted by Gasteiger charge is 2.53. The van der Waals surface area contributed by atoms with Crippen LogP contribution in [0.2, 0.25) is 0 Å². The summed E-state index contributed by atoms with van der Waals surface area (Å²) in [5.74, 6) is -0.617. The topological polar surface area (TPSA) is 83.6 Å². The largest absolute Gasteiger partial charge is 0.480 e. The smallest absolute Gasteiger partial charge is 0.326 e. The average molecular weight is 266 g/mol. The molecule has 0 radical (unpaired) electrons. The van der Waals surface area contributed by atoms with Gasteiger partial charge in [-0.3, -0.25) is 4.79 Å². The molecule has 1 heterocycles. The first kappa shape index (κ1) is 12.9. The van der Waals surface area contributed by atoms with Crippen molar-refractivity contribution in [2.75, 3.05) is 0 Å². The minimum Gasteiger partial charge on any atom is -0.480 e. The third-order valence-electron chi connectivity index (χ3n) is 5.28. The Labute approximate surface area is 113 Å². The van der Waals surface area contributed by atoms with Gasteiger partial charge in [-0.15, -0.1) is 0 Å². The van der Waals surface area contributed by atoms with Gasteiger partial charge >= 0.3 is 5.97 Å². The van der Waals surface area contributed by atoms with Crippen LogP contribution in [0.25, 0.3) is 0 Å². The molecule has 0 aromatic rings. The zero-order valence-corrected chi connectivity index (χ0v) is 11.2. The molecule has 1 saturated heterocycles. The maximum absolute atomic E-state index is 12.7. The van der Waals surface area contributed by atoms with Crippen molar-refractivity contribution in [3.8, 4) is 0 Å². The quantitative estimate of drug-likeness (QED) is 0.784. The molecule has 3 aliphatic rings. The Bertz CT molecular complexity index is 405. The molecule has 0 spiro atoms. The van der Waals surface area contributed by atoms with Gasteiger partial charge in [-0.05, 0) is 44.4 Å². The molecular formula is C14H22N2O3. The molecule has 5 heteroatoms. The summed E-state index contributed by atoms with van der Waals surface area (Å²) < 4.78 is 0. The van der Waals surface area contributed by atoms with Crippen LogP contribution in [0.4, 0.5) is 0 Å². The van der Waals surface area contributed by atoms with Crippen LogP contribution in [0.3, 0.4) is 0 Å². The van der Waals surface area contributed by atoms with Crippen LogP contribution in [0, 0.1) is 5.92 Å². The molecule has 19 heavy (non-hydrogen) atoms. The summed E-state index contributed by atoms with van der Waals surface area (Å²) in [5, 5.41) is 9.40. The van der Waals surface area contributed by atoms with Crippen molar-refractivity contribution >= 4 is 11.9 Å². The summed E-state index contributed by atoms with van der Waals surface area (Å²) in [6.07, 6.45) is 7.23. The highest BCUT2D eigenvalue weighted by Crippen LogP contribution is 2.42. The summed E-state index contributed by atoms with van der Waals surface area (Å²) in [5.41, 5.74) is 5.35. The second-order valence-corrected chi connectivity index (χ2v) is 6.42. The lowest BCUT2D eigenvalue weighted by Gasteiger charge is -2.43. The molecule has 3 unspecified atom stereocenters. The predicted molar refractivity (Wildman–Crippen MR) is 69.4 cm³/mol. The number of nitrogens with two attached hydrogens (primary N) is 1. The first-order chi connectivity index (χ1) is 9.03. The van der Waals surface area contributed by atoms with Crippen molar-refractivity contribution in [2.45, 2.75) is 69.0 Å². The molecule has 0 aromatic heterocycles. The molecule has 2 aliphatic carbocycles. The minimum atomic E-state index is -0.870. The molecule has 3 rings (SSSR count). The summed E-state index contributed by atoms with van der Waals surface area (Å²) in [4.78, 5) is 25.8. The lowest BCUT2D eigenvalue weighted by molar-refractivity contribution is -0.154. The first-order valence-electron chi connectivity index (χ1n) is 7.37. The number of rotatable bonds is 2. The van der Waals surface area contributed by atoms with Crippen molar-refractivity contribution in [1.29, 1.82) is 0 Å². The van der Waals surface area contributed by atoms with Crippen LogP contribution < -0.4 is 5.73 Å². The van der Waals surface area contributed by atoms with E-state index in [9.17, 15) is 14.7 Å². The second-order valence-electron chi connectivity index (χ2n) is 6.42. The molecule has 2 saturated carbocycles. The zero-order chi connectivity index (χ0) is 13.6. The number of aliphatic carboxylic acids is 1. The van der Waals surface area contributed by atoms with Crippen molar-refractivity contribution in [1.82, 2.24) is 4.90 Å². The SMILES string of the molecule is NC1(C(=O)N2C(C(=O)O)CC3CCCCC32)CCC1. The van der Waals surface area contributed by atoms with Crippen molar-refractivity contribution in [2.24, 2.45) is 11.7 Å². The fourth-order valence-electron chi connectivity index (χ4n) is 4.00. The Morgan fingerprint density at radius 3 is 2.42 bits per heavy atom. The summed E-state index contributed by atoms with van der Waals surface area (Å²) in [7, 11) is 0. The maximum Gasteiger partial charge on any atom is 0.326 e. The number of nitrogens with zero attached hydrogens (tertiary/aromatic N) is 1. The van der Waals surface area contributed by atoms with E-state index in [0.717, 1.165) is 32.1 Å². The Hall–Kier alpha value is -1.10. The summed E-state index contributed by atoms with van der Waals surface area (Å²) >= 11 is 0. The lowest BCUT2D eigenvalue weighted by Crippen LogP contribution is -2.63. The fourth-order valence-corrected chi connectivity index (χ4v) is 4.00. The molecule has 106 valence electrons. The van der Waals surface area contributed by atoms with E-state index in [-0.39, 0.29) is 11.9 Å². The Balaban J connectivity index is 1.86. The molecular weight excluding hydrogens is 244 g/mol. The Kier molecular flexibility index (Phi) is 3.04. The lowest BCUT2D eigenvalue weighted by atomic mass is 9.76. The molecule has 1 aliphatic heterocycles. The maximum atomic E-state index is 12.7. The summed E-state index contributed by atoms with van der Waals surface area (Å²) in [6, 6.07) is -0.537. The third kappa shape index (κ3) is 1.95. The number of fused-ring (bicyclic) bond motifs is 1. The van der Waals surface area contributed by atoms with Crippen LogP contribution >= 0.6 is 0 Å². The van der Waals surface area contributed by atoms with Gasteiger partial charge in [-0.1, -0.05) is 12.8 Å². The van der Waals surface area contributed by atoms with Gasteiger partial charge in [-0.25, -0.2) is 4.79 Å². The first-order valence-corrected chi connectivity index (χ1v) is 7.37. The fraction of sp³-hybridized carbons (Fsp3) is 0.857. The van der Waals surface area contributed by atoms with Gasteiger partial charge in [0.2, 0.25) is 5.91 Å². The highest BCUT2D eigenvalue weighted by atomic mass is 16.4. The van der Waals surface area contributed by atoms with Crippen LogP contribution in [0.1, 0.15) is 51.4 Å². The number of carboxylic acid groups (broad SMARTS) is 1. The minimum absolute atomic E-state index is 0.111. The van der Waals surface area contributed by atoms with E-state index in [1.54, 1.807) is 4.90 Å². The third-order valence-corrected chi connectivity index (χ3v) is 5.28. The van der Waals surface area contributed by atoms with E-state index in [2.05, 4.69) is 0 Å². The molecule has 0 bridgehead atoms. The second kappa shape index (κ2) is 4.47. The van der Waals surface area contributed by atoms with Gasteiger partial charge in [0.1, 0.15) is 6.04 Å². The van der Waals surface area contributed by atoms with E-state index in [0.29, 0.717) is 25.2 Å². The highest BCUT2D eigenvalue weighted by molar-refractivity contribution is 5.91. The number of amides is 1. The van der Waals surface area contributed by atoms with Gasteiger partial charge in [0.25, 0.3) is 0 Å². The predicted octanol–water partition coefficient (Wildman–Crippen LogP) is 1.11. The van der Waals surface area contributed by atoms with Crippen molar-refractivity contribution in [3.05, 3.63) is 0 Å². The molecule has 3 atom stereocenters. The van der Waals surface area contributed by atoms with Crippen molar-refractivity contribution < 1.29 is 14.7 Å². The van der Waals surface area contributed by atoms with Gasteiger partial charge in [0.05, 0.1) is 5.54 Å². The monoisotopic (exact) mass is 266 g/mol. The zero-order valence-electron chi connectivity index (χ0n) is 11.2. The molecule has 5 nitrogen and oxygen atoms in total. The molecule has 1 amide bonds. The number of carboxylic acids is 1. The number of carbonyl (C=O) groups is 2. The average Bonchev–Trinajstić information content (AvgIpc) is 2.74. The van der Waals surface area contributed by atoms with E-state index in [1.807, 2.05) is 0 Å². The van der Waals surface area contributed by atoms with Gasteiger partial charge in [-0.2, -0.15) is 0 Å². The van der Waals surface area contributed by atoms with E-state index < -0.39 is 17.6 Å². The number of carbonyl (C=O) groups excluding carboxylic acids is 1. The number of likely N-dealkylation sites (tertiary alicyclic amines) is 1. The molecule has 0 aromatic carbocycles. The van der Waals surface area contributed by atoms with E-state index in [1.165, 1.54) is 0 Å². The van der Waals surface area contributed by atoms with E-state index in [4.69, 9.17) is 5.73 Å². The molecule has 3 N–H and O–H groups in total. The van der Waals surface area contributed by atoms with Gasteiger partial charge < -0.3 is 15.7 Å². The van der Waals surface area contributed by atoms with Gasteiger partial charge in [0.15, 0.2) is 0 Å². The van der Waals surface area contributed by atoms with Crippen molar-refractivity contribution in [3.63, 3.8) is 0 Å². The van der Waals surface area contributed by atoms with Gasteiger partial charge in [0, 0.05) is 6.04 Å². The summed E-state index contributed by atoms with van der Waals surface area (Å²) in [6.45, 7) is 0. The van der Waals surface area contributed by atoms with Crippen LogP contribution in [0.5, 0.6) is 0 Å². The van der Waals surface area contributed by atoms with Crippen LogP contribution in [0.15, 0.2) is 0 Å². The Morgan fingerprint density at radius 2 is 1.84 bits per heavy atom. The normalized spacial score (nSPS) is 36.5. The Morgan fingerprint density at radius 1 is 1.16 bits per heavy atom. The van der Waals surface area contributed by atoms with Crippen LogP contribution in [-0.4, -0.2) is 39.5 Å². The number of hydrogen-bond donors (Lipinski definition) is 2.